The first-order valence-corrected chi connectivity index (χ1v) is 17.2. The molecule has 2 aliphatic heterocycles. The van der Waals surface area contributed by atoms with E-state index in [2.05, 4.69) is 31.6 Å². The van der Waals surface area contributed by atoms with E-state index in [1.54, 1.807) is 10.9 Å². The van der Waals surface area contributed by atoms with E-state index >= 15 is 0 Å². The van der Waals surface area contributed by atoms with Crippen LogP contribution in [0.25, 0.3) is 5.69 Å². The molecule has 3 heterocycles. The van der Waals surface area contributed by atoms with E-state index in [1.807, 2.05) is 36.0 Å². The van der Waals surface area contributed by atoms with Gasteiger partial charge in [-0.05, 0) is 30.5 Å². The molecular weight excluding hydrogens is 630 g/mol. The van der Waals surface area contributed by atoms with Gasteiger partial charge in [0, 0.05) is 30.4 Å². The average molecular weight is 678 g/mol. The van der Waals surface area contributed by atoms with E-state index < -0.39 is 0 Å². The third-order valence-corrected chi connectivity index (χ3v) is 9.14. The monoisotopic (exact) mass is 677 g/mol. The Morgan fingerprint density at radius 2 is 1.57 bits per heavy atom. The van der Waals surface area contributed by atoms with Crippen LogP contribution >= 0.6 is 11.8 Å². The molecule has 2 fully saturated rings. The topological polar surface area (TPSA) is 187 Å². The number of hydrogen-bond donors (Lipinski definition) is 5. The van der Waals surface area contributed by atoms with Crippen molar-refractivity contribution in [1.29, 1.82) is 0 Å². The molecule has 1 aromatic carbocycles. The Morgan fingerprint density at radius 3 is 2.30 bits per heavy atom. The molecule has 1 aromatic heterocycles. The quantitative estimate of drug-likeness (QED) is 0.0777. The maximum absolute atomic E-state index is 12.1. The summed E-state index contributed by atoms with van der Waals surface area (Å²) >= 11 is 1.89. The number of unbranched alkanes of at least 4 members (excludes halogenated alkanes) is 1. The SMILES string of the molecule is O=C(CCCC[C@@H]1SC[C@@H]2NC(=O)N[C@@H]21)NCCOCCOCCOCCOCCC(=O)NCc1cn(-c2ccc(CO)cc2)nn1. The van der Waals surface area contributed by atoms with E-state index in [0.717, 1.165) is 36.3 Å². The molecule has 2 aromatic rings. The summed E-state index contributed by atoms with van der Waals surface area (Å²) in [6.07, 6.45) is 5.27. The molecule has 4 amide bonds. The Bertz CT molecular complexity index is 1230. The van der Waals surface area contributed by atoms with Crippen molar-refractivity contribution in [1.82, 2.24) is 36.3 Å². The number of nitrogens with one attached hydrogen (secondary N) is 4. The van der Waals surface area contributed by atoms with E-state index in [4.69, 9.17) is 24.1 Å². The molecule has 0 bridgehead atoms. The lowest BCUT2D eigenvalue weighted by Gasteiger charge is -2.16. The Balaban J connectivity index is 0.860. The van der Waals surface area contributed by atoms with Gasteiger partial charge >= 0.3 is 6.03 Å². The number of hydrogen-bond acceptors (Lipinski definition) is 11. The predicted octanol–water partition coefficient (Wildman–Crippen LogP) is 0.674. The molecular formula is C31H47N7O8S. The lowest BCUT2D eigenvalue weighted by molar-refractivity contribution is -0.122. The number of nitrogens with zero attached hydrogens (tertiary/aromatic N) is 3. The second kappa shape index (κ2) is 20.8. The van der Waals surface area contributed by atoms with Gasteiger partial charge in [0.1, 0.15) is 5.69 Å². The minimum Gasteiger partial charge on any atom is -0.392 e. The van der Waals surface area contributed by atoms with Gasteiger partial charge < -0.3 is 45.3 Å². The number of fused-ring (bicyclic) bond motifs is 1. The normalized spacial score (nSPS) is 18.5. The molecule has 260 valence electrons. The van der Waals surface area contributed by atoms with E-state index in [1.165, 1.54) is 0 Å². The van der Waals surface area contributed by atoms with Crippen LogP contribution in [0.15, 0.2) is 30.5 Å². The first kappa shape index (κ1) is 36.6. The first-order chi connectivity index (χ1) is 23.0. The number of amides is 4. The number of ether oxygens (including phenoxy) is 4. The van der Waals surface area contributed by atoms with E-state index in [-0.39, 0.29) is 56.1 Å². The second-order valence-corrected chi connectivity index (χ2v) is 12.4. The summed E-state index contributed by atoms with van der Waals surface area (Å²) in [5.41, 5.74) is 2.26. The van der Waals surface area contributed by atoms with Crippen molar-refractivity contribution in [2.45, 2.75) is 62.6 Å². The Kier molecular flexibility index (Phi) is 16.2. The van der Waals surface area contributed by atoms with Crippen molar-refractivity contribution in [3.63, 3.8) is 0 Å². The van der Waals surface area contributed by atoms with Gasteiger partial charge in [0.2, 0.25) is 11.8 Å². The number of aliphatic hydroxyl groups excluding tert-OH is 1. The van der Waals surface area contributed by atoms with Crippen molar-refractivity contribution in [2.24, 2.45) is 0 Å². The smallest absolute Gasteiger partial charge is 0.315 e. The van der Waals surface area contributed by atoms with Gasteiger partial charge in [-0.2, -0.15) is 11.8 Å². The van der Waals surface area contributed by atoms with Crippen molar-refractivity contribution in [2.75, 3.05) is 65.2 Å². The molecule has 0 unspecified atom stereocenters. The van der Waals surface area contributed by atoms with Crippen molar-refractivity contribution < 1.29 is 38.4 Å². The highest BCUT2D eigenvalue weighted by Gasteiger charge is 2.42. The first-order valence-electron chi connectivity index (χ1n) is 16.2. The van der Waals surface area contributed by atoms with Crippen LogP contribution in [0, 0.1) is 0 Å². The number of carbonyl (C=O) groups excluding carboxylic acids is 3. The minimum absolute atomic E-state index is 0.0178. The minimum atomic E-state index is -0.144. The third-order valence-electron chi connectivity index (χ3n) is 7.63. The Labute approximate surface area is 279 Å². The zero-order chi connectivity index (χ0) is 33.1. The van der Waals surface area contributed by atoms with Crippen LogP contribution in [0.4, 0.5) is 4.79 Å². The number of aromatic nitrogens is 3. The molecule has 0 aliphatic carbocycles. The van der Waals surface area contributed by atoms with Gasteiger partial charge in [-0.1, -0.05) is 23.8 Å². The van der Waals surface area contributed by atoms with Gasteiger partial charge in [-0.25, -0.2) is 9.48 Å². The fraction of sp³-hybridized carbons (Fsp3) is 0.645. The summed E-state index contributed by atoms with van der Waals surface area (Å²) in [6, 6.07) is 7.70. The highest BCUT2D eigenvalue weighted by atomic mass is 32.2. The van der Waals surface area contributed by atoms with Crippen LogP contribution in [-0.4, -0.2) is 120 Å². The number of urea groups is 1. The van der Waals surface area contributed by atoms with Crippen LogP contribution in [0.2, 0.25) is 0 Å². The summed E-state index contributed by atoms with van der Waals surface area (Å²) in [7, 11) is 0. The fourth-order valence-electron chi connectivity index (χ4n) is 5.09. The molecule has 4 rings (SSSR count). The molecule has 2 aliphatic rings. The Morgan fingerprint density at radius 1 is 0.894 bits per heavy atom. The number of rotatable bonds is 24. The molecule has 0 spiro atoms. The van der Waals surface area contributed by atoms with E-state index in [0.29, 0.717) is 70.2 Å². The molecule has 15 nitrogen and oxygen atoms in total. The van der Waals surface area contributed by atoms with Crippen LogP contribution in [0.5, 0.6) is 0 Å². The number of aliphatic hydroxyl groups is 1. The molecule has 47 heavy (non-hydrogen) atoms. The average Bonchev–Trinajstić information content (AvgIpc) is 3.80. The molecule has 2 saturated heterocycles. The highest BCUT2D eigenvalue weighted by molar-refractivity contribution is 8.00. The lowest BCUT2D eigenvalue weighted by Crippen LogP contribution is -2.36. The van der Waals surface area contributed by atoms with E-state index in [9.17, 15) is 14.4 Å². The van der Waals surface area contributed by atoms with Crippen LogP contribution < -0.4 is 21.3 Å². The van der Waals surface area contributed by atoms with Crippen molar-refractivity contribution in [3.05, 3.63) is 41.7 Å². The molecule has 0 radical (unpaired) electrons. The molecule has 3 atom stereocenters. The largest absolute Gasteiger partial charge is 0.392 e. The summed E-state index contributed by atoms with van der Waals surface area (Å²) in [6.45, 7) is 3.95. The summed E-state index contributed by atoms with van der Waals surface area (Å²) < 4.78 is 23.5. The fourth-order valence-corrected chi connectivity index (χ4v) is 6.63. The van der Waals surface area contributed by atoms with Crippen LogP contribution in [-0.2, 0) is 41.7 Å². The zero-order valence-electron chi connectivity index (χ0n) is 26.7. The zero-order valence-corrected chi connectivity index (χ0v) is 27.5. The highest BCUT2D eigenvalue weighted by Crippen LogP contribution is 2.33. The lowest BCUT2D eigenvalue weighted by atomic mass is 10.0. The molecule has 0 saturated carbocycles. The van der Waals surface area contributed by atoms with Crippen LogP contribution in [0.1, 0.15) is 43.4 Å². The van der Waals surface area contributed by atoms with Gasteiger partial charge in [-0.15, -0.1) is 5.10 Å². The summed E-state index contributed by atoms with van der Waals surface area (Å²) in [5, 5.41) is 29.3. The summed E-state index contributed by atoms with van der Waals surface area (Å²) in [5.74, 6) is 0.839. The summed E-state index contributed by atoms with van der Waals surface area (Å²) in [4.78, 5) is 35.6. The van der Waals surface area contributed by atoms with Crippen molar-refractivity contribution in [3.8, 4) is 5.69 Å². The number of benzene rings is 1. The Hall–Kier alpha value is -3.28. The van der Waals surface area contributed by atoms with Gasteiger partial charge in [0.05, 0.1) is 90.0 Å². The van der Waals surface area contributed by atoms with Gasteiger partial charge in [0.25, 0.3) is 0 Å². The van der Waals surface area contributed by atoms with Crippen molar-refractivity contribution >= 4 is 29.6 Å². The standard InChI is InChI=1S/C31H47N7O8S/c39-21-23-5-7-25(8-6-23)38-20-24(36-37-38)19-33-29(41)9-11-43-13-15-45-17-18-46-16-14-44-12-10-32-28(40)4-2-1-3-27-30-26(22-47-27)34-31(42)35-30/h5-8,20,26-27,30,39H,1-4,9-19,21-22H2,(H,32,40)(H,33,41)(H2,34,35,42)/t26-,27-,30-/m0/s1. The third kappa shape index (κ3) is 13.4. The number of thioether (sulfide) groups is 1. The van der Waals surface area contributed by atoms with Gasteiger partial charge in [0.15, 0.2) is 0 Å². The molecule has 5 N–H and O–H groups in total. The molecule has 16 heteroatoms. The predicted molar refractivity (Wildman–Crippen MR) is 174 cm³/mol. The maximum atomic E-state index is 12.1. The van der Waals surface area contributed by atoms with Gasteiger partial charge in [-0.3, -0.25) is 9.59 Å². The maximum Gasteiger partial charge on any atom is 0.315 e. The second-order valence-electron chi connectivity index (χ2n) is 11.2. The number of carbonyl (C=O) groups is 3. The van der Waals surface area contributed by atoms with Crippen LogP contribution in [0.3, 0.4) is 0 Å².